The van der Waals surface area contributed by atoms with Crippen molar-refractivity contribution in [1.29, 1.82) is 0 Å². The maximum atomic E-state index is 13.4. The molecule has 34 heavy (non-hydrogen) atoms. The average Bonchev–Trinajstić information content (AvgIpc) is 3.45. The minimum absolute atomic E-state index is 0.0500. The molecule has 0 aliphatic carbocycles. The van der Waals surface area contributed by atoms with Crippen molar-refractivity contribution in [1.82, 2.24) is 14.5 Å². The van der Waals surface area contributed by atoms with Gasteiger partial charge in [-0.2, -0.15) is 4.31 Å². The number of hydrogen-bond acceptors (Lipinski definition) is 7. The molecule has 3 aromatic rings. The molecule has 0 spiro atoms. The number of carbonyl (C=O) groups is 2. The first-order valence-electron chi connectivity index (χ1n) is 10.9. The van der Waals surface area contributed by atoms with E-state index in [9.17, 15) is 18.0 Å². The van der Waals surface area contributed by atoms with Crippen LogP contribution in [0.1, 0.15) is 39.1 Å². The Morgan fingerprint density at radius 3 is 2.74 bits per heavy atom. The van der Waals surface area contributed by atoms with E-state index < -0.39 is 10.0 Å². The Morgan fingerprint density at radius 2 is 1.94 bits per heavy atom. The van der Waals surface area contributed by atoms with Gasteiger partial charge in [-0.3, -0.25) is 9.59 Å². The summed E-state index contributed by atoms with van der Waals surface area (Å²) in [6.07, 6.45) is 1.65. The van der Waals surface area contributed by atoms with Gasteiger partial charge < -0.3 is 10.2 Å². The number of rotatable bonds is 5. The Bertz CT molecular complexity index is 1360. The molecule has 2 aromatic carbocycles. The number of carbonyl (C=O) groups excluding carboxylic acids is 2. The van der Waals surface area contributed by atoms with Gasteiger partial charge in [-0.15, -0.1) is 10.2 Å². The lowest BCUT2D eigenvalue weighted by Gasteiger charge is -2.30. The number of aromatic nitrogens is 2. The standard InChI is InChI=1S/C23H23N5O4S2/c1-27-19-10-9-18(12-16(19)13-20(27)29)34(31,32)28-11-5-6-15(14-28)22-25-26-23(33-22)21(30)24-17-7-3-2-4-8-17/h2-4,7-10,12,15H,5-6,11,13-14H2,1H3,(H,24,30). The second-order valence-electron chi connectivity index (χ2n) is 8.39. The van der Waals surface area contributed by atoms with Gasteiger partial charge in [-0.05, 0) is 48.7 Å². The molecule has 0 bridgehead atoms. The summed E-state index contributed by atoms with van der Waals surface area (Å²) in [6.45, 7) is 0.683. The zero-order valence-electron chi connectivity index (χ0n) is 18.5. The number of nitrogens with one attached hydrogen (secondary N) is 1. The number of fused-ring (bicyclic) bond motifs is 1. The van der Waals surface area contributed by atoms with Gasteiger partial charge in [0, 0.05) is 37.4 Å². The Labute approximate surface area is 201 Å². The van der Waals surface area contributed by atoms with Gasteiger partial charge in [0.25, 0.3) is 5.91 Å². The maximum Gasteiger partial charge on any atom is 0.286 e. The molecule has 2 aliphatic heterocycles. The molecule has 5 rings (SSSR count). The summed E-state index contributed by atoms with van der Waals surface area (Å²) >= 11 is 1.19. The van der Waals surface area contributed by atoms with Crippen LogP contribution in [0.25, 0.3) is 0 Å². The number of nitrogens with zero attached hydrogens (tertiary/aromatic N) is 4. The fraction of sp³-hybridized carbons (Fsp3) is 0.304. The van der Waals surface area contributed by atoms with Gasteiger partial charge in [0.1, 0.15) is 5.01 Å². The third kappa shape index (κ3) is 4.22. The smallest absolute Gasteiger partial charge is 0.286 e. The monoisotopic (exact) mass is 497 g/mol. The molecule has 1 aromatic heterocycles. The van der Waals surface area contributed by atoms with Crippen molar-refractivity contribution < 1.29 is 18.0 Å². The number of benzene rings is 2. The molecule has 3 heterocycles. The summed E-state index contributed by atoms with van der Waals surface area (Å²) in [5.41, 5.74) is 2.14. The predicted molar refractivity (Wildman–Crippen MR) is 129 cm³/mol. The van der Waals surface area contributed by atoms with E-state index in [0.29, 0.717) is 23.7 Å². The van der Waals surface area contributed by atoms with Crippen LogP contribution < -0.4 is 10.2 Å². The van der Waals surface area contributed by atoms with Crippen LogP contribution in [0, 0.1) is 0 Å². The maximum absolute atomic E-state index is 13.4. The van der Waals surface area contributed by atoms with Crippen LogP contribution in [0.4, 0.5) is 11.4 Å². The molecule has 2 amide bonds. The molecule has 176 valence electrons. The number of amides is 2. The van der Waals surface area contributed by atoms with Crippen molar-refractivity contribution in [3.8, 4) is 0 Å². The summed E-state index contributed by atoms with van der Waals surface area (Å²) in [5, 5.41) is 11.9. The Morgan fingerprint density at radius 1 is 1.15 bits per heavy atom. The van der Waals surface area contributed by atoms with E-state index in [-0.39, 0.29) is 40.6 Å². The minimum Gasteiger partial charge on any atom is -0.320 e. The van der Waals surface area contributed by atoms with Crippen molar-refractivity contribution in [2.75, 3.05) is 30.4 Å². The van der Waals surface area contributed by atoms with Gasteiger partial charge in [-0.1, -0.05) is 29.5 Å². The number of hydrogen-bond donors (Lipinski definition) is 1. The molecule has 9 nitrogen and oxygen atoms in total. The van der Waals surface area contributed by atoms with Gasteiger partial charge in [-0.25, -0.2) is 8.42 Å². The van der Waals surface area contributed by atoms with Crippen molar-refractivity contribution in [3.63, 3.8) is 0 Å². The third-order valence-electron chi connectivity index (χ3n) is 6.17. The fourth-order valence-corrected chi connectivity index (χ4v) is 6.75. The number of para-hydroxylation sites is 1. The molecule has 1 atom stereocenters. The van der Waals surface area contributed by atoms with Gasteiger partial charge >= 0.3 is 0 Å². The normalized spacial score (nSPS) is 18.7. The van der Waals surface area contributed by atoms with Crippen LogP contribution in [-0.2, 0) is 21.2 Å². The van der Waals surface area contributed by atoms with Crippen LogP contribution in [0.2, 0.25) is 0 Å². The Hall–Kier alpha value is -3.15. The highest BCUT2D eigenvalue weighted by Gasteiger charge is 2.34. The summed E-state index contributed by atoms with van der Waals surface area (Å²) < 4.78 is 28.2. The molecular formula is C23H23N5O4S2. The number of likely N-dealkylation sites (N-methyl/N-ethyl adjacent to an activating group) is 1. The van der Waals surface area contributed by atoms with Crippen LogP contribution in [0.15, 0.2) is 53.4 Å². The lowest BCUT2D eigenvalue weighted by atomic mass is 10.0. The Balaban J connectivity index is 1.31. The van der Waals surface area contributed by atoms with Crippen molar-refractivity contribution >= 4 is 44.5 Å². The lowest BCUT2D eigenvalue weighted by Crippen LogP contribution is -2.39. The van der Waals surface area contributed by atoms with Crippen LogP contribution >= 0.6 is 11.3 Å². The Kier molecular flexibility index (Phi) is 5.92. The number of anilines is 2. The van der Waals surface area contributed by atoms with E-state index in [4.69, 9.17) is 0 Å². The topological polar surface area (TPSA) is 113 Å². The molecule has 1 fully saturated rings. The molecule has 1 saturated heterocycles. The molecule has 1 unspecified atom stereocenters. The minimum atomic E-state index is -3.73. The van der Waals surface area contributed by atoms with Crippen LogP contribution in [0.3, 0.4) is 0 Å². The highest BCUT2D eigenvalue weighted by Crippen LogP contribution is 2.34. The van der Waals surface area contributed by atoms with E-state index >= 15 is 0 Å². The van der Waals surface area contributed by atoms with E-state index in [1.807, 2.05) is 18.2 Å². The van der Waals surface area contributed by atoms with Gasteiger partial charge in [0.15, 0.2) is 0 Å². The zero-order valence-corrected chi connectivity index (χ0v) is 20.1. The first kappa shape index (κ1) is 22.6. The second-order valence-corrected chi connectivity index (χ2v) is 11.3. The van der Waals surface area contributed by atoms with E-state index in [2.05, 4.69) is 15.5 Å². The fourth-order valence-electron chi connectivity index (χ4n) is 4.32. The first-order valence-corrected chi connectivity index (χ1v) is 13.2. The molecular weight excluding hydrogens is 474 g/mol. The SMILES string of the molecule is CN1C(=O)Cc2cc(S(=O)(=O)N3CCCC(c4nnc(C(=O)Nc5ccccc5)s4)C3)ccc21. The molecule has 0 radical (unpaired) electrons. The van der Waals surface area contributed by atoms with E-state index in [1.165, 1.54) is 15.6 Å². The van der Waals surface area contributed by atoms with Crippen LogP contribution in [-0.4, -0.2) is 54.9 Å². The van der Waals surface area contributed by atoms with Gasteiger partial charge in [0.2, 0.25) is 20.9 Å². The van der Waals surface area contributed by atoms with Crippen LogP contribution in [0.5, 0.6) is 0 Å². The third-order valence-corrected chi connectivity index (χ3v) is 9.11. The predicted octanol–water partition coefficient (Wildman–Crippen LogP) is 2.88. The van der Waals surface area contributed by atoms with E-state index in [1.54, 1.807) is 42.3 Å². The second kappa shape index (κ2) is 8.90. The van der Waals surface area contributed by atoms with Crippen molar-refractivity contribution in [2.24, 2.45) is 0 Å². The van der Waals surface area contributed by atoms with Gasteiger partial charge in [0.05, 0.1) is 11.3 Å². The lowest BCUT2D eigenvalue weighted by molar-refractivity contribution is -0.117. The number of piperidine rings is 1. The van der Waals surface area contributed by atoms with Crippen molar-refractivity contribution in [2.45, 2.75) is 30.1 Å². The zero-order chi connectivity index (χ0) is 23.9. The molecule has 1 N–H and O–H groups in total. The summed E-state index contributed by atoms with van der Waals surface area (Å²) in [4.78, 5) is 26.2. The largest absolute Gasteiger partial charge is 0.320 e. The van der Waals surface area contributed by atoms with Crippen molar-refractivity contribution in [3.05, 3.63) is 64.1 Å². The summed E-state index contributed by atoms with van der Waals surface area (Å²) in [7, 11) is -2.04. The summed E-state index contributed by atoms with van der Waals surface area (Å²) in [6, 6.07) is 14.0. The first-order chi connectivity index (χ1) is 16.3. The van der Waals surface area contributed by atoms with E-state index in [0.717, 1.165) is 17.7 Å². The molecule has 11 heteroatoms. The highest BCUT2D eigenvalue weighted by molar-refractivity contribution is 7.89. The quantitative estimate of drug-likeness (QED) is 0.580. The number of sulfonamides is 1. The highest BCUT2D eigenvalue weighted by atomic mass is 32.2. The average molecular weight is 498 g/mol. The summed E-state index contributed by atoms with van der Waals surface area (Å²) in [5.74, 6) is -0.528. The molecule has 0 saturated carbocycles. The molecule has 2 aliphatic rings.